The second-order valence-corrected chi connectivity index (χ2v) is 4.98. The Morgan fingerprint density at radius 3 is 3.10 bits per heavy atom. The highest BCUT2D eigenvalue weighted by atomic mass is 16.2. The van der Waals surface area contributed by atoms with Crippen LogP contribution in [0.15, 0.2) is 30.5 Å². The van der Waals surface area contributed by atoms with E-state index < -0.39 is 0 Å². The number of anilines is 2. The topological polar surface area (TPSA) is 71.2 Å². The molecule has 1 aromatic carbocycles. The van der Waals surface area contributed by atoms with Crippen LogP contribution in [0.2, 0.25) is 0 Å². The van der Waals surface area contributed by atoms with E-state index in [1.54, 1.807) is 6.20 Å². The molecule has 0 bridgehead atoms. The van der Waals surface area contributed by atoms with Gasteiger partial charge in [0.25, 0.3) is 0 Å². The zero-order valence-corrected chi connectivity index (χ0v) is 11.5. The molecule has 104 valence electrons. The summed E-state index contributed by atoms with van der Waals surface area (Å²) in [5, 5.41) is 3.85. The molecule has 1 aromatic heterocycles. The molecule has 1 aliphatic heterocycles. The maximum atomic E-state index is 12.0. The molecule has 20 heavy (non-hydrogen) atoms. The second-order valence-electron chi connectivity index (χ2n) is 4.98. The maximum absolute atomic E-state index is 12.0. The Bertz CT molecular complexity index is 655. The van der Waals surface area contributed by atoms with Crippen LogP contribution in [0, 0.1) is 0 Å². The molecular formula is C15H18N4O. The number of rotatable bonds is 2. The minimum atomic E-state index is -0.141. The SMILES string of the molecule is CCC1C(=O)NCCN1c1ccc(N)c2cccnc12. The van der Waals surface area contributed by atoms with Crippen molar-refractivity contribution in [2.75, 3.05) is 23.7 Å². The van der Waals surface area contributed by atoms with E-state index in [1.807, 2.05) is 31.2 Å². The van der Waals surface area contributed by atoms with E-state index in [0.29, 0.717) is 12.2 Å². The monoisotopic (exact) mass is 270 g/mol. The van der Waals surface area contributed by atoms with Crippen molar-refractivity contribution in [3.8, 4) is 0 Å². The van der Waals surface area contributed by atoms with Crippen LogP contribution in [0.25, 0.3) is 10.9 Å². The van der Waals surface area contributed by atoms with Crippen molar-refractivity contribution >= 4 is 28.2 Å². The largest absolute Gasteiger partial charge is 0.398 e. The normalized spacial score (nSPS) is 19.1. The Morgan fingerprint density at radius 2 is 2.30 bits per heavy atom. The van der Waals surface area contributed by atoms with Crippen molar-refractivity contribution in [3.05, 3.63) is 30.5 Å². The van der Waals surface area contributed by atoms with Gasteiger partial charge in [-0.05, 0) is 30.7 Å². The number of hydrogen-bond acceptors (Lipinski definition) is 4. The first-order chi connectivity index (χ1) is 9.72. The standard InChI is InChI=1S/C15H18N4O/c1-2-12-15(20)18-8-9-19(12)13-6-5-11(16)10-4-3-7-17-14(10)13/h3-7,12H,2,8-9,16H2,1H3,(H,18,20). The molecule has 0 aliphatic carbocycles. The number of nitrogens with two attached hydrogens (primary N) is 1. The molecule has 0 radical (unpaired) electrons. The van der Waals surface area contributed by atoms with Gasteiger partial charge in [-0.2, -0.15) is 0 Å². The van der Waals surface area contributed by atoms with Gasteiger partial charge in [0, 0.05) is 30.4 Å². The van der Waals surface area contributed by atoms with Gasteiger partial charge in [-0.25, -0.2) is 0 Å². The minimum Gasteiger partial charge on any atom is -0.398 e. The van der Waals surface area contributed by atoms with Crippen molar-refractivity contribution in [2.45, 2.75) is 19.4 Å². The van der Waals surface area contributed by atoms with E-state index in [4.69, 9.17) is 5.73 Å². The Morgan fingerprint density at radius 1 is 1.45 bits per heavy atom. The van der Waals surface area contributed by atoms with Gasteiger partial charge in [-0.15, -0.1) is 0 Å². The van der Waals surface area contributed by atoms with Crippen LogP contribution in [-0.2, 0) is 4.79 Å². The third-order valence-electron chi connectivity index (χ3n) is 3.81. The Kier molecular flexibility index (Phi) is 3.18. The average Bonchev–Trinajstić information content (AvgIpc) is 2.48. The quantitative estimate of drug-likeness (QED) is 0.812. The fourth-order valence-corrected chi connectivity index (χ4v) is 2.82. The number of nitrogens with zero attached hydrogens (tertiary/aromatic N) is 2. The summed E-state index contributed by atoms with van der Waals surface area (Å²) in [5.41, 5.74) is 8.57. The highest BCUT2D eigenvalue weighted by Gasteiger charge is 2.29. The molecule has 0 spiro atoms. The lowest BCUT2D eigenvalue weighted by Crippen LogP contribution is -2.55. The van der Waals surface area contributed by atoms with Gasteiger partial charge in [0.2, 0.25) is 5.91 Å². The summed E-state index contributed by atoms with van der Waals surface area (Å²) in [6, 6.07) is 7.55. The molecule has 3 rings (SSSR count). The highest BCUT2D eigenvalue weighted by Crippen LogP contribution is 2.31. The summed E-state index contributed by atoms with van der Waals surface area (Å²) >= 11 is 0. The lowest BCUT2D eigenvalue weighted by Gasteiger charge is -2.36. The van der Waals surface area contributed by atoms with Crippen molar-refractivity contribution < 1.29 is 4.79 Å². The van der Waals surface area contributed by atoms with Crippen LogP contribution in [0.4, 0.5) is 11.4 Å². The number of nitrogens with one attached hydrogen (secondary N) is 1. The molecule has 2 heterocycles. The number of benzene rings is 1. The molecule has 0 saturated carbocycles. The van der Waals surface area contributed by atoms with Crippen molar-refractivity contribution in [2.24, 2.45) is 0 Å². The Balaban J connectivity index is 2.14. The zero-order chi connectivity index (χ0) is 14.1. The van der Waals surface area contributed by atoms with Gasteiger partial charge in [0.05, 0.1) is 11.2 Å². The van der Waals surface area contributed by atoms with Gasteiger partial charge in [0.15, 0.2) is 0 Å². The first kappa shape index (κ1) is 12.7. The van der Waals surface area contributed by atoms with E-state index >= 15 is 0 Å². The van der Waals surface area contributed by atoms with E-state index in [9.17, 15) is 4.79 Å². The summed E-state index contributed by atoms with van der Waals surface area (Å²) in [6.07, 6.45) is 2.53. The van der Waals surface area contributed by atoms with Gasteiger partial charge in [-0.3, -0.25) is 9.78 Å². The van der Waals surface area contributed by atoms with Crippen molar-refractivity contribution in [1.29, 1.82) is 0 Å². The second kappa shape index (κ2) is 5.00. The lowest BCUT2D eigenvalue weighted by molar-refractivity contribution is -0.123. The molecule has 1 saturated heterocycles. The van der Waals surface area contributed by atoms with E-state index in [2.05, 4.69) is 15.2 Å². The number of nitrogen functional groups attached to an aromatic ring is 1. The summed E-state index contributed by atoms with van der Waals surface area (Å²) in [4.78, 5) is 18.6. The van der Waals surface area contributed by atoms with Gasteiger partial charge in [0.1, 0.15) is 6.04 Å². The molecule has 1 atom stereocenters. The van der Waals surface area contributed by atoms with Crippen LogP contribution in [0.5, 0.6) is 0 Å². The number of aromatic nitrogens is 1. The van der Waals surface area contributed by atoms with Gasteiger partial charge in [-0.1, -0.05) is 6.92 Å². The molecule has 1 unspecified atom stereocenters. The lowest BCUT2D eigenvalue weighted by atomic mass is 10.1. The predicted molar refractivity (Wildman–Crippen MR) is 80.6 cm³/mol. The molecule has 2 aromatic rings. The molecule has 5 nitrogen and oxygen atoms in total. The minimum absolute atomic E-state index is 0.0830. The Labute approximate surface area is 117 Å². The number of pyridine rings is 1. The number of fused-ring (bicyclic) bond motifs is 1. The Hall–Kier alpha value is -2.30. The molecule has 1 aliphatic rings. The maximum Gasteiger partial charge on any atom is 0.242 e. The van der Waals surface area contributed by atoms with Crippen LogP contribution in [0.1, 0.15) is 13.3 Å². The molecule has 3 N–H and O–H groups in total. The number of piperazine rings is 1. The third-order valence-corrected chi connectivity index (χ3v) is 3.81. The predicted octanol–water partition coefficient (Wildman–Crippen LogP) is 1.53. The first-order valence-corrected chi connectivity index (χ1v) is 6.90. The third kappa shape index (κ3) is 1.95. The van der Waals surface area contributed by atoms with Crippen LogP contribution < -0.4 is 16.0 Å². The van der Waals surface area contributed by atoms with Gasteiger partial charge >= 0.3 is 0 Å². The summed E-state index contributed by atoms with van der Waals surface area (Å²) in [7, 11) is 0. The average molecular weight is 270 g/mol. The molecule has 1 amide bonds. The van der Waals surface area contributed by atoms with Crippen LogP contribution in [-0.4, -0.2) is 30.0 Å². The van der Waals surface area contributed by atoms with E-state index in [1.165, 1.54) is 0 Å². The summed E-state index contributed by atoms with van der Waals surface area (Å²) < 4.78 is 0. The van der Waals surface area contributed by atoms with Gasteiger partial charge < -0.3 is 16.0 Å². The molecule has 5 heteroatoms. The number of carbonyl (C=O) groups is 1. The van der Waals surface area contributed by atoms with E-state index in [-0.39, 0.29) is 11.9 Å². The summed E-state index contributed by atoms with van der Waals surface area (Å²) in [5.74, 6) is 0.0830. The zero-order valence-electron chi connectivity index (χ0n) is 11.5. The molecule has 1 fully saturated rings. The van der Waals surface area contributed by atoms with Crippen LogP contribution in [0.3, 0.4) is 0 Å². The van der Waals surface area contributed by atoms with Crippen molar-refractivity contribution in [3.63, 3.8) is 0 Å². The fraction of sp³-hybridized carbons (Fsp3) is 0.333. The molecular weight excluding hydrogens is 252 g/mol. The smallest absolute Gasteiger partial charge is 0.242 e. The highest BCUT2D eigenvalue weighted by molar-refractivity contribution is 6.00. The number of carbonyl (C=O) groups excluding carboxylic acids is 1. The summed E-state index contributed by atoms with van der Waals surface area (Å²) in [6.45, 7) is 3.48. The van der Waals surface area contributed by atoms with Crippen molar-refractivity contribution in [1.82, 2.24) is 10.3 Å². The van der Waals surface area contributed by atoms with E-state index in [0.717, 1.165) is 29.6 Å². The number of amides is 1. The van der Waals surface area contributed by atoms with Crippen LogP contribution >= 0.6 is 0 Å². The number of hydrogen-bond donors (Lipinski definition) is 2. The fourth-order valence-electron chi connectivity index (χ4n) is 2.82. The first-order valence-electron chi connectivity index (χ1n) is 6.90.